The molecule has 3 unspecified atom stereocenters. The van der Waals surface area contributed by atoms with Crippen molar-refractivity contribution in [2.45, 2.75) is 19.0 Å². The fourth-order valence-corrected chi connectivity index (χ4v) is 1.20. The summed E-state index contributed by atoms with van der Waals surface area (Å²) in [5, 5.41) is 0. The second-order valence-corrected chi connectivity index (χ2v) is 3.36. The zero-order valence-corrected chi connectivity index (χ0v) is 6.42. The molecule has 0 aromatic heterocycles. The summed E-state index contributed by atoms with van der Waals surface area (Å²) in [6.45, 7) is 4.18. The van der Waals surface area contributed by atoms with Gasteiger partial charge < -0.3 is 4.74 Å². The van der Waals surface area contributed by atoms with Crippen molar-refractivity contribution in [2.75, 3.05) is 13.2 Å². The first-order chi connectivity index (χ1) is 3.80. The molecule has 0 aromatic carbocycles. The van der Waals surface area contributed by atoms with E-state index >= 15 is 0 Å². The third-order valence-electron chi connectivity index (χ3n) is 1.76. The summed E-state index contributed by atoms with van der Waals surface area (Å²) in [6.07, 6.45) is 1.23. The summed E-state index contributed by atoms with van der Waals surface area (Å²) < 4.78 is 5.23. The molecule has 0 amide bonds. The van der Waals surface area contributed by atoms with E-state index in [1.165, 1.54) is 6.42 Å². The normalized spacial score (nSPS) is 39.8. The number of ether oxygens (including phenoxy) is 1. The van der Waals surface area contributed by atoms with Gasteiger partial charge in [-0.05, 0) is 18.0 Å². The molecule has 8 heavy (non-hydrogen) atoms. The van der Waals surface area contributed by atoms with Gasteiger partial charge in [-0.3, -0.25) is 0 Å². The summed E-state index contributed by atoms with van der Waals surface area (Å²) in [4.78, 5) is 0. The van der Waals surface area contributed by atoms with Crippen molar-refractivity contribution in [3.8, 4) is 0 Å². The van der Waals surface area contributed by atoms with E-state index in [1.54, 1.807) is 0 Å². The van der Waals surface area contributed by atoms with Crippen LogP contribution in [0.25, 0.3) is 0 Å². The summed E-state index contributed by atoms with van der Waals surface area (Å²) in [6, 6.07) is 0. The lowest BCUT2D eigenvalue weighted by molar-refractivity contribution is 0.0768. The van der Waals surface area contributed by atoms with Gasteiger partial charge >= 0.3 is 0 Å². The van der Waals surface area contributed by atoms with Gasteiger partial charge in [0.1, 0.15) is 0 Å². The van der Waals surface area contributed by atoms with Gasteiger partial charge in [0.15, 0.2) is 0 Å². The van der Waals surface area contributed by atoms with Crippen LogP contribution < -0.4 is 0 Å². The van der Waals surface area contributed by atoms with Gasteiger partial charge in [0.2, 0.25) is 0 Å². The Labute approximate surface area is 53.0 Å². The minimum atomic E-state index is 0.698. The topological polar surface area (TPSA) is 9.23 Å². The molecule has 0 radical (unpaired) electrons. The molecule has 1 heterocycles. The van der Waals surface area contributed by atoms with Crippen molar-refractivity contribution < 1.29 is 4.74 Å². The average Bonchev–Trinajstić information content (AvgIpc) is 1.77. The highest BCUT2D eigenvalue weighted by atomic mass is 31.0. The third-order valence-corrected chi connectivity index (χ3v) is 2.61. The van der Waals surface area contributed by atoms with Crippen LogP contribution in [-0.4, -0.2) is 18.9 Å². The molecule has 0 spiro atoms. The van der Waals surface area contributed by atoms with Gasteiger partial charge in [0, 0.05) is 6.61 Å². The summed E-state index contributed by atoms with van der Waals surface area (Å²) in [5.74, 6) is 0.841. The van der Waals surface area contributed by atoms with E-state index in [4.69, 9.17) is 4.74 Å². The predicted molar refractivity (Wildman–Crippen MR) is 38.1 cm³/mol. The Morgan fingerprint density at radius 2 is 2.38 bits per heavy atom. The summed E-state index contributed by atoms with van der Waals surface area (Å²) in [5.41, 5.74) is 0.698. The quantitative estimate of drug-likeness (QED) is 0.451. The van der Waals surface area contributed by atoms with Crippen LogP contribution in [0.15, 0.2) is 0 Å². The fourth-order valence-electron chi connectivity index (χ4n) is 0.867. The highest BCUT2D eigenvalue weighted by Gasteiger charge is 2.16. The lowest BCUT2D eigenvalue weighted by Gasteiger charge is -2.24. The molecule has 1 aliphatic heterocycles. The standard InChI is InChI=1S/C6H13OP/c1-5-2-3-7-4-6(5)8/h5-6H,2-4,8H2,1H3. The molecule has 0 bridgehead atoms. The van der Waals surface area contributed by atoms with E-state index in [0.29, 0.717) is 5.66 Å². The Bertz CT molecular complexity index is 64.9. The van der Waals surface area contributed by atoms with E-state index in [0.717, 1.165) is 19.1 Å². The maximum absolute atomic E-state index is 5.23. The van der Waals surface area contributed by atoms with E-state index in [-0.39, 0.29) is 0 Å². The van der Waals surface area contributed by atoms with E-state index in [1.807, 2.05) is 0 Å². The highest BCUT2D eigenvalue weighted by Crippen LogP contribution is 2.20. The number of hydrogen-bond acceptors (Lipinski definition) is 1. The van der Waals surface area contributed by atoms with E-state index < -0.39 is 0 Å². The monoisotopic (exact) mass is 132 g/mol. The molecule has 1 rings (SSSR count). The maximum Gasteiger partial charge on any atom is 0.0531 e. The van der Waals surface area contributed by atoms with Crippen LogP contribution in [0.5, 0.6) is 0 Å². The van der Waals surface area contributed by atoms with Crippen molar-refractivity contribution >= 4 is 9.24 Å². The Hall–Kier alpha value is 0.390. The molecule has 0 aromatic rings. The number of hydrogen-bond donors (Lipinski definition) is 0. The van der Waals surface area contributed by atoms with Gasteiger partial charge in [-0.2, -0.15) is 0 Å². The zero-order valence-electron chi connectivity index (χ0n) is 5.26. The Morgan fingerprint density at radius 3 is 2.75 bits per heavy atom. The second-order valence-electron chi connectivity index (χ2n) is 2.50. The Kier molecular flexibility index (Phi) is 2.27. The first-order valence-electron chi connectivity index (χ1n) is 3.14. The first kappa shape index (κ1) is 6.51. The SMILES string of the molecule is CC1CCOCC1P. The highest BCUT2D eigenvalue weighted by molar-refractivity contribution is 7.17. The smallest absolute Gasteiger partial charge is 0.0531 e. The molecule has 0 saturated carbocycles. The Morgan fingerprint density at radius 1 is 1.62 bits per heavy atom. The van der Waals surface area contributed by atoms with Crippen molar-refractivity contribution in [3.05, 3.63) is 0 Å². The molecule has 1 aliphatic rings. The minimum absolute atomic E-state index is 0.698. The molecule has 1 saturated heterocycles. The second kappa shape index (κ2) is 2.80. The zero-order chi connectivity index (χ0) is 5.98. The van der Waals surface area contributed by atoms with Crippen LogP contribution in [0.3, 0.4) is 0 Å². The summed E-state index contributed by atoms with van der Waals surface area (Å²) >= 11 is 0. The van der Waals surface area contributed by atoms with Gasteiger partial charge in [-0.15, -0.1) is 9.24 Å². The van der Waals surface area contributed by atoms with Gasteiger partial charge in [-0.1, -0.05) is 6.92 Å². The predicted octanol–water partition coefficient (Wildman–Crippen LogP) is 1.29. The van der Waals surface area contributed by atoms with Crippen LogP contribution in [0, 0.1) is 5.92 Å². The first-order valence-corrected chi connectivity index (χ1v) is 3.80. The molecule has 0 aliphatic carbocycles. The van der Waals surface area contributed by atoms with Gasteiger partial charge in [0.25, 0.3) is 0 Å². The molecular formula is C6H13OP. The fraction of sp³-hybridized carbons (Fsp3) is 1.00. The van der Waals surface area contributed by atoms with Gasteiger partial charge in [-0.25, -0.2) is 0 Å². The van der Waals surface area contributed by atoms with Crippen molar-refractivity contribution in [1.82, 2.24) is 0 Å². The molecule has 48 valence electrons. The minimum Gasteiger partial charge on any atom is -0.381 e. The molecule has 1 nitrogen and oxygen atoms in total. The van der Waals surface area contributed by atoms with Crippen LogP contribution in [0.1, 0.15) is 13.3 Å². The average molecular weight is 132 g/mol. The van der Waals surface area contributed by atoms with E-state index in [2.05, 4.69) is 16.2 Å². The van der Waals surface area contributed by atoms with Crippen LogP contribution in [0.2, 0.25) is 0 Å². The van der Waals surface area contributed by atoms with Crippen LogP contribution in [-0.2, 0) is 4.74 Å². The van der Waals surface area contributed by atoms with Crippen molar-refractivity contribution in [3.63, 3.8) is 0 Å². The third kappa shape index (κ3) is 1.43. The van der Waals surface area contributed by atoms with Crippen LogP contribution in [0.4, 0.5) is 0 Å². The lowest BCUT2D eigenvalue weighted by Crippen LogP contribution is -2.25. The molecule has 1 fully saturated rings. The molecule has 3 atom stereocenters. The van der Waals surface area contributed by atoms with E-state index in [9.17, 15) is 0 Å². The maximum atomic E-state index is 5.23. The molecular weight excluding hydrogens is 119 g/mol. The molecule has 2 heteroatoms. The number of rotatable bonds is 0. The Balaban J connectivity index is 2.28. The largest absolute Gasteiger partial charge is 0.381 e. The molecule has 0 N–H and O–H groups in total. The van der Waals surface area contributed by atoms with Crippen molar-refractivity contribution in [1.29, 1.82) is 0 Å². The van der Waals surface area contributed by atoms with Crippen molar-refractivity contribution in [2.24, 2.45) is 5.92 Å². The van der Waals surface area contributed by atoms with Gasteiger partial charge in [0.05, 0.1) is 6.61 Å². The lowest BCUT2D eigenvalue weighted by atomic mass is 10.0. The van der Waals surface area contributed by atoms with Crippen LogP contribution >= 0.6 is 9.24 Å². The summed E-state index contributed by atoms with van der Waals surface area (Å²) in [7, 11) is 2.82.